The summed E-state index contributed by atoms with van der Waals surface area (Å²) in [5.41, 5.74) is 4.34. The van der Waals surface area contributed by atoms with Crippen LogP contribution in [0.3, 0.4) is 0 Å². The van der Waals surface area contributed by atoms with Crippen LogP contribution in [0.5, 0.6) is 0 Å². The van der Waals surface area contributed by atoms with E-state index in [9.17, 15) is 18.8 Å². The molecule has 2 amide bonds. The van der Waals surface area contributed by atoms with Gasteiger partial charge in [-0.05, 0) is 58.4 Å². The molecule has 0 spiro atoms. The van der Waals surface area contributed by atoms with E-state index >= 15 is 0 Å². The molecule has 25 heavy (non-hydrogen) atoms. The summed E-state index contributed by atoms with van der Waals surface area (Å²) in [5, 5.41) is 0. The molecule has 2 N–H and O–H groups in total. The van der Waals surface area contributed by atoms with Crippen molar-refractivity contribution in [3.05, 3.63) is 64.3 Å². The van der Waals surface area contributed by atoms with Gasteiger partial charge in [0.1, 0.15) is 11.6 Å². The minimum Gasteiger partial charge on any atom is -0.452 e. The first-order valence-corrected chi connectivity index (χ1v) is 7.68. The van der Waals surface area contributed by atoms with Gasteiger partial charge in [0.15, 0.2) is 11.3 Å². The molecule has 7 nitrogen and oxygen atoms in total. The summed E-state index contributed by atoms with van der Waals surface area (Å²) in [7, 11) is 0. The Bertz CT molecular complexity index is 801. The van der Waals surface area contributed by atoms with E-state index in [0.717, 1.165) is 18.2 Å². The zero-order valence-corrected chi connectivity index (χ0v) is 14.2. The van der Waals surface area contributed by atoms with Crippen LogP contribution in [0.4, 0.5) is 4.39 Å². The number of nitrogens with one attached hydrogen (secondary N) is 2. The SMILES string of the molecule is O=C(COC(=O)/C=C/c1ccc(Br)o1)NNC(=O)c1ccc(F)cc1. The molecular formula is C16H12BrFN2O5. The lowest BCUT2D eigenvalue weighted by molar-refractivity contribution is -0.144. The first kappa shape index (κ1) is 18.4. The van der Waals surface area contributed by atoms with Crippen LogP contribution >= 0.6 is 15.9 Å². The Labute approximate surface area is 149 Å². The Hall–Kier alpha value is -2.94. The lowest BCUT2D eigenvalue weighted by Crippen LogP contribution is -2.43. The Morgan fingerprint density at radius 3 is 2.48 bits per heavy atom. The van der Waals surface area contributed by atoms with E-state index < -0.39 is 30.2 Å². The highest BCUT2D eigenvalue weighted by Crippen LogP contribution is 2.14. The minimum absolute atomic E-state index is 0.159. The van der Waals surface area contributed by atoms with E-state index in [4.69, 9.17) is 9.15 Å². The smallest absolute Gasteiger partial charge is 0.331 e. The van der Waals surface area contributed by atoms with Gasteiger partial charge >= 0.3 is 5.97 Å². The summed E-state index contributed by atoms with van der Waals surface area (Å²) in [5.74, 6) is -2.18. The molecule has 0 unspecified atom stereocenters. The number of amides is 2. The van der Waals surface area contributed by atoms with Crippen LogP contribution in [-0.4, -0.2) is 24.4 Å². The van der Waals surface area contributed by atoms with E-state index in [1.165, 1.54) is 18.2 Å². The molecule has 0 aliphatic heterocycles. The molecule has 2 aromatic rings. The second kappa shape index (κ2) is 8.78. The lowest BCUT2D eigenvalue weighted by Gasteiger charge is -2.07. The van der Waals surface area contributed by atoms with E-state index in [0.29, 0.717) is 10.4 Å². The summed E-state index contributed by atoms with van der Waals surface area (Å²) in [6, 6.07) is 8.03. The van der Waals surface area contributed by atoms with Gasteiger partial charge in [-0.15, -0.1) is 0 Å². The predicted octanol–water partition coefficient (Wildman–Crippen LogP) is 2.20. The number of hydrogen-bond acceptors (Lipinski definition) is 5. The third kappa shape index (κ3) is 6.22. The Kier molecular flexibility index (Phi) is 6.47. The summed E-state index contributed by atoms with van der Waals surface area (Å²) in [6.07, 6.45) is 2.47. The average Bonchev–Trinajstić information content (AvgIpc) is 3.02. The monoisotopic (exact) mass is 410 g/mol. The molecule has 1 heterocycles. The van der Waals surface area contributed by atoms with Crippen LogP contribution in [0.1, 0.15) is 16.1 Å². The van der Waals surface area contributed by atoms with Gasteiger partial charge in [0.05, 0.1) is 0 Å². The molecule has 9 heteroatoms. The fourth-order valence-corrected chi connectivity index (χ4v) is 1.91. The number of halogens is 2. The molecule has 0 saturated heterocycles. The normalized spacial score (nSPS) is 10.5. The molecule has 0 bridgehead atoms. The number of ether oxygens (including phenoxy) is 1. The summed E-state index contributed by atoms with van der Waals surface area (Å²) < 4.78 is 23.1. The fraction of sp³-hybridized carbons (Fsp3) is 0.0625. The van der Waals surface area contributed by atoms with Crippen molar-refractivity contribution in [2.45, 2.75) is 0 Å². The molecule has 0 radical (unpaired) electrons. The average molecular weight is 411 g/mol. The Morgan fingerprint density at radius 2 is 1.84 bits per heavy atom. The van der Waals surface area contributed by atoms with Crippen LogP contribution in [-0.2, 0) is 14.3 Å². The van der Waals surface area contributed by atoms with Gasteiger partial charge in [-0.2, -0.15) is 0 Å². The second-order valence-electron chi connectivity index (χ2n) is 4.59. The molecule has 1 aromatic carbocycles. The van der Waals surface area contributed by atoms with E-state index in [1.54, 1.807) is 12.1 Å². The molecule has 2 rings (SSSR count). The van der Waals surface area contributed by atoms with Gasteiger partial charge in [-0.3, -0.25) is 20.4 Å². The summed E-state index contributed by atoms with van der Waals surface area (Å²) >= 11 is 3.12. The van der Waals surface area contributed by atoms with Crippen LogP contribution in [0.15, 0.2) is 51.6 Å². The van der Waals surface area contributed by atoms with Crippen LogP contribution in [0.25, 0.3) is 6.08 Å². The highest BCUT2D eigenvalue weighted by atomic mass is 79.9. The summed E-state index contributed by atoms with van der Waals surface area (Å²) in [6.45, 7) is -0.589. The van der Waals surface area contributed by atoms with E-state index in [-0.39, 0.29) is 5.56 Å². The number of rotatable bonds is 5. The third-order valence-corrected chi connectivity index (χ3v) is 3.17. The minimum atomic E-state index is -0.757. The zero-order valence-electron chi connectivity index (χ0n) is 12.6. The van der Waals surface area contributed by atoms with Gasteiger partial charge in [-0.1, -0.05) is 0 Å². The van der Waals surface area contributed by atoms with Crippen molar-refractivity contribution >= 4 is 39.8 Å². The maximum atomic E-state index is 12.7. The van der Waals surface area contributed by atoms with Crippen molar-refractivity contribution < 1.29 is 27.9 Å². The number of furan rings is 1. The van der Waals surface area contributed by atoms with Crippen LogP contribution < -0.4 is 10.9 Å². The van der Waals surface area contributed by atoms with Crippen LogP contribution in [0.2, 0.25) is 0 Å². The molecule has 1 aromatic heterocycles. The van der Waals surface area contributed by atoms with Crippen molar-refractivity contribution in [3.8, 4) is 0 Å². The number of esters is 1. The number of hydrazine groups is 1. The highest BCUT2D eigenvalue weighted by molar-refractivity contribution is 9.10. The standard InChI is InChI=1S/C16H12BrFN2O5/c17-13-7-5-12(25-13)6-8-15(22)24-9-14(21)19-20-16(23)10-1-3-11(18)4-2-10/h1-8H,9H2,(H,19,21)(H,20,23)/b8-6+. The van der Waals surface area contributed by atoms with E-state index in [1.807, 2.05) is 0 Å². The van der Waals surface area contributed by atoms with Gasteiger partial charge in [0, 0.05) is 11.6 Å². The van der Waals surface area contributed by atoms with E-state index in [2.05, 4.69) is 26.8 Å². The fourth-order valence-electron chi connectivity index (χ4n) is 1.59. The van der Waals surface area contributed by atoms with Crippen molar-refractivity contribution in [3.63, 3.8) is 0 Å². The molecule has 0 aliphatic rings. The zero-order chi connectivity index (χ0) is 18.2. The Morgan fingerprint density at radius 1 is 1.12 bits per heavy atom. The lowest BCUT2D eigenvalue weighted by atomic mass is 10.2. The second-order valence-corrected chi connectivity index (χ2v) is 5.37. The van der Waals surface area contributed by atoms with Gasteiger partial charge in [-0.25, -0.2) is 9.18 Å². The number of carbonyl (C=O) groups is 3. The number of carbonyl (C=O) groups excluding carboxylic acids is 3. The quantitative estimate of drug-likeness (QED) is 0.447. The maximum absolute atomic E-state index is 12.7. The van der Waals surface area contributed by atoms with Crippen molar-refractivity contribution in [2.75, 3.05) is 6.61 Å². The molecule has 0 atom stereocenters. The van der Waals surface area contributed by atoms with Crippen molar-refractivity contribution in [2.24, 2.45) is 0 Å². The van der Waals surface area contributed by atoms with Gasteiger partial charge in [0.25, 0.3) is 11.8 Å². The molecule has 130 valence electrons. The third-order valence-electron chi connectivity index (χ3n) is 2.75. The number of benzene rings is 1. The topological polar surface area (TPSA) is 97.6 Å². The van der Waals surface area contributed by atoms with Crippen LogP contribution in [0, 0.1) is 5.82 Å². The predicted molar refractivity (Wildman–Crippen MR) is 88.4 cm³/mol. The first-order valence-electron chi connectivity index (χ1n) is 6.89. The first-order chi connectivity index (χ1) is 11.9. The van der Waals surface area contributed by atoms with Crippen molar-refractivity contribution in [1.82, 2.24) is 10.9 Å². The van der Waals surface area contributed by atoms with Gasteiger partial charge < -0.3 is 9.15 Å². The highest BCUT2D eigenvalue weighted by Gasteiger charge is 2.09. The summed E-state index contributed by atoms with van der Waals surface area (Å²) in [4.78, 5) is 34.6. The molecule has 0 aliphatic carbocycles. The molecule has 0 fully saturated rings. The Balaban J connectivity index is 1.71. The van der Waals surface area contributed by atoms with Gasteiger partial charge in [0.2, 0.25) is 0 Å². The van der Waals surface area contributed by atoms with Crippen molar-refractivity contribution in [1.29, 1.82) is 0 Å². The largest absolute Gasteiger partial charge is 0.452 e. The maximum Gasteiger partial charge on any atom is 0.331 e. The number of hydrogen-bond donors (Lipinski definition) is 2. The molecular weight excluding hydrogens is 399 g/mol. The molecule has 0 saturated carbocycles.